The lowest BCUT2D eigenvalue weighted by molar-refractivity contribution is -0.146. The number of carboxylic acids is 1. The highest BCUT2D eigenvalue weighted by atomic mass is 16.4. The summed E-state index contributed by atoms with van der Waals surface area (Å²) in [6.07, 6.45) is 1.71. The van der Waals surface area contributed by atoms with Gasteiger partial charge in [-0.15, -0.1) is 0 Å². The second kappa shape index (κ2) is 4.85. The molecule has 1 aliphatic heterocycles. The first-order valence-electron chi connectivity index (χ1n) is 5.80. The van der Waals surface area contributed by atoms with Crippen molar-refractivity contribution in [3.63, 3.8) is 0 Å². The van der Waals surface area contributed by atoms with E-state index >= 15 is 0 Å². The molecular weight excluding hydrogens is 206 g/mol. The predicted molar refractivity (Wildman–Crippen MR) is 61.0 cm³/mol. The van der Waals surface area contributed by atoms with Gasteiger partial charge in [0.15, 0.2) is 0 Å². The minimum Gasteiger partial charge on any atom is -0.481 e. The van der Waals surface area contributed by atoms with Crippen molar-refractivity contribution >= 4 is 11.9 Å². The van der Waals surface area contributed by atoms with Gasteiger partial charge < -0.3 is 10.0 Å². The van der Waals surface area contributed by atoms with Crippen molar-refractivity contribution in [1.29, 1.82) is 0 Å². The quantitative estimate of drug-likeness (QED) is 0.781. The van der Waals surface area contributed by atoms with E-state index in [9.17, 15) is 9.59 Å². The molecule has 0 bridgehead atoms. The van der Waals surface area contributed by atoms with Gasteiger partial charge in [0, 0.05) is 19.5 Å². The van der Waals surface area contributed by atoms with E-state index in [1.807, 2.05) is 20.8 Å². The number of aliphatic carboxylic acids is 1. The summed E-state index contributed by atoms with van der Waals surface area (Å²) < 4.78 is 0. The van der Waals surface area contributed by atoms with E-state index in [-0.39, 0.29) is 17.2 Å². The Hall–Kier alpha value is -1.06. The van der Waals surface area contributed by atoms with E-state index in [2.05, 4.69) is 0 Å². The van der Waals surface area contributed by atoms with Gasteiger partial charge in [0.05, 0.1) is 5.92 Å². The Morgan fingerprint density at radius 3 is 2.12 bits per heavy atom. The molecule has 0 aromatic rings. The standard InChI is InChI=1S/C12H21NO3/c1-12(2,3)8-10(14)13-6-4-9(5-7-13)11(15)16/h9H,4-8H2,1-3H3,(H,15,16). The third-order valence-corrected chi connectivity index (χ3v) is 2.88. The minimum atomic E-state index is -0.733. The highest BCUT2D eigenvalue weighted by Gasteiger charge is 2.28. The van der Waals surface area contributed by atoms with Crippen LogP contribution in [0.25, 0.3) is 0 Å². The first kappa shape index (κ1) is 13.0. The summed E-state index contributed by atoms with van der Waals surface area (Å²) in [5, 5.41) is 8.85. The zero-order chi connectivity index (χ0) is 12.3. The number of hydrogen-bond donors (Lipinski definition) is 1. The predicted octanol–water partition coefficient (Wildman–Crippen LogP) is 1.75. The first-order valence-corrected chi connectivity index (χ1v) is 5.80. The molecule has 0 saturated carbocycles. The molecule has 1 heterocycles. The highest BCUT2D eigenvalue weighted by molar-refractivity contribution is 5.77. The van der Waals surface area contributed by atoms with Gasteiger partial charge in [0.25, 0.3) is 0 Å². The summed E-state index contributed by atoms with van der Waals surface area (Å²) >= 11 is 0. The second-order valence-electron chi connectivity index (χ2n) is 5.73. The lowest BCUT2D eigenvalue weighted by Crippen LogP contribution is -2.41. The topological polar surface area (TPSA) is 57.6 Å². The van der Waals surface area contributed by atoms with Gasteiger partial charge in [-0.2, -0.15) is 0 Å². The van der Waals surface area contributed by atoms with Gasteiger partial charge in [-0.05, 0) is 18.3 Å². The van der Waals surface area contributed by atoms with E-state index in [0.717, 1.165) is 0 Å². The number of carbonyl (C=O) groups excluding carboxylic acids is 1. The van der Waals surface area contributed by atoms with Crippen molar-refractivity contribution in [2.24, 2.45) is 11.3 Å². The monoisotopic (exact) mass is 227 g/mol. The van der Waals surface area contributed by atoms with Gasteiger partial charge in [-0.1, -0.05) is 20.8 Å². The maximum absolute atomic E-state index is 11.9. The van der Waals surface area contributed by atoms with Crippen molar-refractivity contribution in [3.05, 3.63) is 0 Å². The fourth-order valence-electron chi connectivity index (χ4n) is 1.94. The summed E-state index contributed by atoms with van der Waals surface area (Å²) in [7, 11) is 0. The Balaban J connectivity index is 2.42. The summed E-state index contributed by atoms with van der Waals surface area (Å²) in [5.74, 6) is -0.849. The summed E-state index contributed by atoms with van der Waals surface area (Å²) in [5.41, 5.74) is 0.000724. The molecule has 4 nitrogen and oxygen atoms in total. The van der Waals surface area contributed by atoms with Gasteiger partial charge in [-0.3, -0.25) is 9.59 Å². The van der Waals surface area contributed by atoms with Crippen LogP contribution >= 0.6 is 0 Å². The minimum absolute atomic E-state index is 0.000724. The zero-order valence-corrected chi connectivity index (χ0v) is 10.3. The van der Waals surface area contributed by atoms with Crippen molar-refractivity contribution in [3.8, 4) is 0 Å². The Labute approximate surface area is 96.6 Å². The number of amides is 1. The van der Waals surface area contributed by atoms with Gasteiger partial charge in [0.2, 0.25) is 5.91 Å². The molecule has 1 fully saturated rings. The molecule has 92 valence electrons. The average molecular weight is 227 g/mol. The van der Waals surface area contributed by atoms with Crippen LogP contribution in [0.5, 0.6) is 0 Å². The second-order valence-corrected chi connectivity index (χ2v) is 5.73. The van der Waals surface area contributed by atoms with Crippen molar-refractivity contribution in [1.82, 2.24) is 4.90 Å². The number of hydrogen-bond acceptors (Lipinski definition) is 2. The average Bonchev–Trinajstić information content (AvgIpc) is 2.15. The van der Waals surface area contributed by atoms with E-state index in [1.54, 1.807) is 4.90 Å². The van der Waals surface area contributed by atoms with E-state index in [0.29, 0.717) is 32.4 Å². The first-order chi connectivity index (χ1) is 7.29. The van der Waals surface area contributed by atoms with Crippen molar-refractivity contribution < 1.29 is 14.7 Å². The molecule has 0 unspecified atom stereocenters. The fourth-order valence-corrected chi connectivity index (χ4v) is 1.94. The summed E-state index contributed by atoms with van der Waals surface area (Å²) in [6.45, 7) is 7.29. The number of carbonyl (C=O) groups is 2. The molecule has 0 aromatic heterocycles. The maximum atomic E-state index is 11.9. The van der Waals surface area contributed by atoms with Crippen LogP contribution in [0.3, 0.4) is 0 Å². The molecule has 1 amide bonds. The summed E-state index contributed by atoms with van der Waals surface area (Å²) in [4.78, 5) is 24.4. The SMILES string of the molecule is CC(C)(C)CC(=O)N1CCC(C(=O)O)CC1. The largest absolute Gasteiger partial charge is 0.481 e. The molecule has 0 aromatic carbocycles. The molecular formula is C12H21NO3. The van der Waals surface area contributed by atoms with Crippen molar-refractivity contribution in [2.75, 3.05) is 13.1 Å². The molecule has 1 aliphatic rings. The number of piperidine rings is 1. The maximum Gasteiger partial charge on any atom is 0.306 e. The molecule has 4 heteroatoms. The third-order valence-electron chi connectivity index (χ3n) is 2.88. The Morgan fingerprint density at radius 1 is 1.25 bits per heavy atom. The van der Waals surface area contributed by atoms with E-state index in [1.165, 1.54) is 0 Å². The summed E-state index contributed by atoms with van der Waals surface area (Å²) in [6, 6.07) is 0. The molecule has 16 heavy (non-hydrogen) atoms. The van der Waals surface area contributed by atoms with E-state index < -0.39 is 5.97 Å². The molecule has 0 aliphatic carbocycles. The van der Waals surface area contributed by atoms with Crippen LogP contribution in [-0.2, 0) is 9.59 Å². The number of nitrogens with zero attached hydrogens (tertiary/aromatic N) is 1. The van der Waals surface area contributed by atoms with Gasteiger partial charge >= 0.3 is 5.97 Å². The van der Waals surface area contributed by atoms with Crippen LogP contribution in [-0.4, -0.2) is 35.0 Å². The molecule has 0 radical (unpaired) electrons. The lowest BCUT2D eigenvalue weighted by atomic mass is 9.90. The van der Waals surface area contributed by atoms with Crippen molar-refractivity contribution in [2.45, 2.75) is 40.0 Å². The van der Waals surface area contributed by atoms with Crippen LogP contribution in [0.4, 0.5) is 0 Å². The van der Waals surface area contributed by atoms with Gasteiger partial charge in [0.1, 0.15) is 0 Å². The number of rotatable bonds is 2. The lowest BCUT2D eigenvalue weighted by Gasteiger charge is -2.32. The number of likely N-dealkylation sites (tertiary alicyclic amines) is 1. The Bertz CT molecular complexity index is 272. The highest BCUT2D eigenvalue weighted by Crippen LogP contribution is 2.23. The molecule has 0 atom stereocenters. The molecule has 1 rings (SSSR count). The van der Waals surface area contributed by atoms with Crippen LogP contribution in [0, 0.1) is 11.3 Å². The zero-order valence-electron chi connectivity index (χ0n) is 10.3. The van der Waals surface area contributed by atoms with Gasteiger partial charge in [-0.25, -0.2) is 0 Å². The molecule has 1 saturated heterocycles. The van der Waals surface area contributed by atoms with Crippen LogP contribution in [0.15, 0.2) is 0 Å². The van der Waals surface area contributed by atoms with Crippen LogP contribution in [0.1, 0.15) is 40.0 Å². The Morgan fingerprint density at radius 2 is 1.75 bits per heavy atom. The third kappa shape index (κ3) is 3.83. The Kier molecular flexibility index (Phi) is 3.94. The fraction of sp³-hybridized carbons (Fsp3) is 0.833. The molecule has 1 N–H and O–H groups in total. The number of carboxylic acid groups (broad SMARTS) is 1. The van der Waals surface area contributed by atoms with Crippen LogP contribution in [0.2, 0.25) is 0 Å². The molecule has 0 spiro atoms. The van der Waals surface area contributed by atoms with Crippen LogP contribution < -0.4 is 0 Å². The smallest absolute Gasteiger partial charge is 0.306 e. The normalized spacial score (nSPS) is 18.6. The van der Waals surface area contributed by atoms with E-state index in [4.69, 9.17) is 5.11 Å².